The van der Waals surface area contributed by atoms with Gasteiger partial charge in [-0.15, -0.1) is 11.3 Å². The molecule has 0 unspecified atom stereocenters. The largest absolute Gasteiger partial charge is 0.368 e. The maximum atomic E-state index is 11.3. The van der Waals surface area contributed by atoms with Crippen molar-refractivity contribution in [3.05, 3.63) is 17.3 Å². The number of hydrogen-bond donors (Lipinski definition) is 2. The first-order valence-corrected chi connectivity index (χ1v) is 7.67. The minimum absolute atomic E-state index is 0.210. The zero-order valence-electron chi connectivity index (χ0n) is 11.9. The van der Waals surface area contributed by atoms with Gasteiger partial charge in [-0.1, -0.05) is 13.3 Å². The van der Waals surface area contributed by atoms with E-state index in [1.165, 1.54) is 0 Å². The van der Waals surface area contributed by atoms with E-state index in [4.69, 9.17) is 5.73 Å². The highest BCUT2D eigenvalue weighted by Gasteiger charge is 2.19. The van der Waals surface area contributed by atoms with Crippen molar-refractivity contribution in [3.63, 3.8) is 0 Å². The number of primary amides is 1. The monoisotopic (exact) mass is 295 g/mol. The van der Waals surface area contributed by atoms with E-state index >= 15 is 0 Å². The Kier molecular flexibility index (Phi) is 4.97. The van der Waals surface area contributed by atoms with Gasteiger partial charge in [-0.05, 0) is 13.5 Å². The number of thiazole rings is 1. The van der Waals surface area contributed by atoms with Crippen molar-refractivity contribution in [1.82, 2.24) is 14.7 Å². The number of amides is 1. The molecule has 110 valence electrons. The van der Waals surface area contributed by atoms with Gasteiger partial charge < -0.3 is 16.0 Å². The number of nitrogens with zero attached hydrogens (tertiary/aromatic N) is 3. The molecule has 0 aromatic carbocycles. The maximum Gasteiger partial charge on any atom is 0.236 e. The molecular weight excluding hydrogens is 274 g/mol. The summed E-state index contributed by atoms with van der Waals surface area (Å²) in [6.45, 7) is 3.83. The van der Waals surface area contributed by atoms with Crippen molar-refractivity contribution in [1.29, 1.82) is 0 Å². The first-order valence-electron chi connectivity index (χ1n) is 6.79. The Balaban J connectivity index is 2.36. The number of aromatic nitrogens is 2. The van der Waals surface area contributed by atoms with Gasteiger partial charge in [0.25, 0.3) is 0 Å². The quantitative estimate of drug-likeness (QED) is 0.767. The van der Waals surface area contributed by atoms with E-state index in [9.17, 15) is 4.79 Å². The van der Waals surface area contributed by atoms with E-state index in [-0.39, 0.29) is 12.5 Å². The minimum atomic E-state index is -0.326. The van der Waals surface area contributed by atoms with Crippen LogP contribution in [-0.4, -0.2) is 35.4 Å². The Hall–Kier alpha value is -1.60. The fourth-order valence-corrected chi connectivity index (χ4v) is 2.93. The Morgan fingerprint density at radius 1 is 1.60 bits per heavy atom. The van der Waals surface area contributed by atoms with Crippen LogP contribution >= 0.6 is 11.3 Å². The van der Waals surface area contributed by atoms with Crippen molar-refractivity contribution in [2.75, 3.05) is 25.0 Å². The molecule has 2 rings (SSSR count). The summed E-state index contributed by atoms with van der Waals surface area (Å²) < 4.78 is 2.07. The number of hydrogen-bond acceptors (Lipinski definition) is 5. The fraction of sp³-hybridized carbons (Fsp3) is 0.538. The van der Waals surface area contributed by atoms with Gasteiger partial charge >= 0.3 is 0 Å². The smallest absolute Gasteiger partial charge is 0.236 e. The molecule has 0 aliphatic rings. The number of carbonyl (C=O) groups excluding carboxylic acids is 1. The van der Waals surface area contributed by atoms with Crippen LogP contribution in [-0.2, 0) is 11.3 Å². The average molecular weight is 295 g/mol. The van der Waals surface area contributed by atoms with Gasteiger partial charge in [-0.3, -0.25) is 9.20 Å². The second-order valence-corrected chi connectivity index (χ2v) is 5.58. The first kappa shape index (κ1) is 14.8. The number of rotatable bonds is 8. The van der Waals surface area contributed by atoms with Crippen molar-refractivity contribution in [3.8, 4) is 0 Å². The number of unbranched alkanes of at least 4 members (excludes halogenated alkanes) is 1. The molecule has 6 nitrogen and oxygen atoms in total. The predicted molar refractivity (Wildman–Crippen MR) is 82.1 cm³/mol. The highest BCUT2D eigenvalue weighted by Crippen LogP contribution is 2.25. The molecule has 3 N–H and O–H groups in total. The zero-order chi connectivity index (χ0) is 14.5. The lowest BCUT2D eigenvalue weighted by Crippen LogP contribution is -2.35. The van der Waals surface area contributed by atoms with Crippen LogP contribution in [0.15, 0.2) is 11.6 Å². The summed E-state index contributed by atoms with van der Waals surface area (Å²) in [7, 11) is 1.90. The number of imidazole rings is 1. The molecule has 0 atom stereocenters. The molecule has 0 saturated heterocycles. The number of carbonyl (C=O) groups is 1. The highest BCUT2D eigenvalue weighted by molar-refractivity contribution is 7.15. The van der Waals surface area contributed by atoms with Crippen molar-refractivity contribution in [2.24, 2.45) is 5.73 Å². The van der Waals surface area contributed by atoms with Crippen LogP contribution in [0, 0.1) is 0 Å². The lowest BCUT2D eigenvalue weighted by atomic mass is 10.3. The van der Waals surface area contributed by atoms with Gasteiger partial charge in [-0.2, -0.15) is 0 Å². The third-order valence-corrected chi connectivity index (χ3v) is 3.87. The van der Waals surface area contributed by atoms with Gasteiger partial charge in [-0.25, -0.2) is 4.98 Å². The number of fused-ring (bicyclic) bond motifs is 1. The van der Waals surface area contributed by atoms with Crippen molar-refractivity contribution >= 4 is 28.0 Å². The standard InChI is InChI=1S/C13H21N5OS/c1-3-4-5-17(9-11(14)19)12-10(8-15-2)18-6-7-20-13(18)16-12/h6-7,15H,3-5,8-9H2,1-2H3,(H2,14,19). The molecule has 1 amide bonds. The summed E-state index contributed by atoms with van der Waals surface area (Å²) in [5.74, 6) is 0.534. The Morgan fingerprint density at radius 2 is 2.40 bits per heavy atom. The molecule has 7 heteroatoms. The van der Waals surface area contributed by atoms with E-state index in [0.29, 0.717) is 6.54 Å². The molecule has 20 heavy (non-hydrogen) atoms. The van der Waals surface area contributed by atoms with Crippen LogP contribution < -0.4 is 16.0 Å². The number of nitrogens with two attached hydrogens (primary N) is 1. The third kappa shape index (κ3) is 3.10. The molecule has 0 fully saturated rings. The van der Waals surface area contributed by atoms with Crippen LogP contribution in [0.5, 0.6) is 0 Å². The van der Waals surface area contributed by atoms with Crippen molar-refractivity contribution in [2.45, 2.75) is 26.3 Å². The lowest BCUT2D eigenvalue weighted by molar-refractivity contribution is -0.116. The van der Waals surface area contributed by atoms with E-state index in [1.54, 1.807) is 11.3 Å². The normalized spacial score (nSPS) is 11.1. The van der Waals surface area contributed by atoms with E-state index in [1.807, 2.05) is 23.5 Å². The summed E-state index contributed by atoms with van der Waals surface area (Å²) in [6.07, 6.45) is 4.09. The van der Waals surface area contributed by atoms with Crippen molar-refractivity contribution < 1.29 is 4.79 Å². The van der Waals surface area contributed by atoms with Gasteiger partial charge in [0.2, 0.25) is 5.91 Å². The Bertz CT molecular complexity index is 576. The minimum Gasteiger partial charge on any atom is -0.368 e. The number of anilines is 1. The third-order valence-electron chi connectivity index (χ3n) is 3.11. The summed E-state index contributed by atoms with van der Waals surface area (Å²) in [5, 5.41) is 5.17. The van der Waals surface area contributed by atoms with Crippen LogP contribution in [0.1, 0.15) is 25.5 Å². The Morgan fingerprint density at radius 3 is 3.05 bits per heavy atom. The van der Waals surface area contributed by atoms with Crippen LogP contribution in [0.3, 0.4) is 0 Å². The molecule has 0 saturated carbocycles. The number of nitrogens with one attached hydrogen (secondary N) is 1. The molecule has 2 heterocycles. The second-order valence-electron chi connectivity index (χ2n) is 4.71. The summed E-state index contributed by atoms with van der Waals surface area (Å²) in [5.41, 5.74) is 6.44. The van der Waals surface area contributed by atoms with Crippen LogP contribution in [0.4, 0.5) is 5.82 Å². The van der Waals surface area contributed by atoms with Crippen LogP contribution in [0.25, 0.3) is 4.96 Å². The van der Waals surface area contributed by atoms with E-state index in [0.717, 1.165) is 35.9 Å². The van der Waals surface area contributed by atoms with Gasteiger partial charge in [0.1, 0.15) is 0 Å². The van der Waals surface area contributed by atoms with E-state index < -0.39 is 0 Å². The molecule has 0 aliphatic carbocycles. The molecular formula is C13H21N5OS. The first-order chi connectivity index (χ1) is 9.67. The molecule has 2 aromatic rings. The molecule has 2 aromatic heterocycles. The summed E-state index contributed by atoms with van der Waals surface area (Å²) in [6, 6.07) is 0. The maximum absolute atomic E-state index is 11.3. The topological polar surface area (TPSA) is 75.7 Å². The summed E-state index contributed by atoms with van der Waals surface area (Å²) >= 11 is 1.59. The highest BCUT2D eigenvalue weighted by atomic mass is 32.1. The molecule has 0 spiro atoms. The fourth-order valence-electron chi connectivity index (χ4n) is 2.20. The Labute approximate surface area is 122 Å². The summed E-state index contributed by atoms with van der Waals surface area (Å²) in [4.78, 5) is 18.9. The van der Waals surface area contributed by atoms with Crippen LogP contribution in [0.2, 0.25) is 0 Å². The predicted octanol–water partition coefficient (Wildman–Crippen LogP) is 1.21. The molecule has 0 bridgehead atoms. The zero-order valence-corrected chi connectivity index (χ0v) is 12.7. The van der Waals surface area contributed by atoms with E-state index in [2.05, 4.69) is 21.6 Å². The molecule has 0 radical (unpaired) electrons. The lowest BCUT2D eigenvalue weighted by Gasteiger charge is -2.22. The molecule has 0 aliphatic heterocycles. The second kappa shape index (κ2) is 6.71. The van der Waals surface area contributed by atoms with Gasteiger partial charge in [0.05, 0.1) is 12.2 Å². The SMILES string of the molecule is CCCCN(CC(N)=O)c1nc2sccn2c1CNC. The van der Waals surface area contributed by atoms with Gasteiger partial charge in [0, 0.05) is 24.7 Å². The van der Waals surface area contributed by atoms with Gasteiger partial charge in [0.15, 0.2) is 10.8 Å². The average Bonchev–Trinajstić information content (AvgIpc) is 2.97.